The smallest absolute Gasteiger partial charge is 0.246 e. The Morgan fingerprint density at radius 2 is 2.06 bits per heavy atom. The fourth-order valence-electron chi connectivity index (χ4n) is 1.84. The van der Waals surface area contributed by atoms with Crippen LogP contribution >= 0.6 is 0 Å². The molecule has 6 heteroatoms. The Labute approximate surface area is 95.9 Å². The van der Waals surface area contributed by atoms with Crippen LogP contribution in [0.5, 0.6) is 0 Å². The summed E-state index contributed by atoms with van der Waals surface area (Å²) in [6.07, 6.45) is 2.28. The fourth-order valence-corrected chi connectivity index (χ4v) is 3.41. The highest BCUT2D eigenvalue weighted by Gasteiger charge is 2.31. The topological polar surface area (TPSA) is 66.1 Å². The minimum Gasteiger partial charge on any atom is -0.281 e. The Balaban J connectivity index is 2.30. The zero-order chi connectivity index (χ0) is 11.9. The van der Waals surface area contributed by atoms with E-state index in [0.29, 0.717) is 28.7 Å². The maximum atomic E-state index is 12.3. The second kappa shape index (κ2) is 3.85. The second-order valence-corrected chi connectivity index (χ2v) is 6.47. The zero-order valence-corrected chi connectivity index (χ0v) is 10.6. The Morgan fingerprint density at radius 3 is 2.50 bits per heavy atom. The quantitative estimate of drug-likeness (QED) is 0.859. The lowest BCUT2D eigenvalue weighted by Gasteiger charge is -2.16. The van der Waals surface area contributed by atoms with Crippen molar-refractivity contribution in [1.29, 1.82) is 0 Å². The molecule has 0 amide bonds. The van der Waals surface area contributed by atoms with E-state index in [-0.39, 0.29) is 0 Å². The number of aryl methyl sites for hydroxylation is 2. The van der Waals surface area contributed by atoms with Crippen LogP contribution in [0, 0.1) is 19.8 Å². The van der Waals surface area contributed by atoms with E-state index in [1.54, 1.807) is 20.9 Å². The summed E-state index contributed by atoms with van der Waals surface area (Å²) in [7, 11) is -1.73. The van der Waals surface area contributed by atoms with E-state index in [1.807, 2.05) is 0 Å². The van der Waals surface area contributed by atoms with Gasteiger partial charge in [0.2, 0.25) is 10.0 Å². The molecule has 0 unspecified atom stereocenters. The summed E-state index contributed by atoms with van der Waals surface area (Å²) in [5.41, 5.74) is 1.15. The molecule has 1 heterocycles. The number of rotatable bonds is 4. The van der Waals surface area contributed by atoms with Gasteiger partial charge in [-0.05, 0) is 32.6 Å². The van der Waals surface area contributed by atoms with Gasteiger partial charge in [0, 0.05) is 13.6 Å². The third-order valence-corrected chi connectivity index (χ3v) is 5.03. The second-order valence-electron chi connectivity index (χ2n) is 4.49. The summed E-state index contributed by atoms with van der Waals surface area (Å²) < 4.78 is 26.0. The number of sulfonamides is 1. The van der Waals surface area contributed by atoms with Crippen LogP contribution in [0.1, 0.15) is 24.2 Å². The molecule has 0 saturated heterocycles. The van der Waals surface area contributed by atoms with Crippen LogP contribution in [0.4, 0.5) is 0 Å². The summed E-state index contributed by atoms with van der Waals surface area (Å²) in [5, 5.41) is 6.64. The summed E-state index contributed by atoms with van der Waals surface area (Å²) in [5.74, 6) is 0.548. The van der Waals surface area contributed by atoms with Gasteiger partial charge in [-0.1, -0.05) is 0 Å². The lowest BCUT2D eigenvalue weighted by molar-refractivity contribution is 0.452. The monoisotopic (exact) mass is 243 g/mol. The number of hydrogen-bond acceptors (Lipinski definition) is 3. The van der Waals surface area contributed by atoms with Gasteiger partial charge in [0.05, 0.1) is 11.4 Å². The SMILES string of the molecule is Cc1n[nH]c(C)c1S(=O)(=O)N(C)CC1CC1. The van der Waals surface area contributed by atoms with E-state index in [9.17, 15) is 8.42 Å². The van der Waals surface area contributed by atoms with Crippen LogP contribution in [0.3, 0.4) is 0 Å². The van der Waals surface area contributed by atoms with Crippen LogP contribution in [-0.2, 0) is 10.0 Å². The molecule has 1 saturated carbocycles. The standard InChI is InChI=1S/C10H17N3O2S/c1-7-10(8(2)12-11-7)16(14,15)13(3)6-9-4-5-9/h9H,4-6H2,1-3H3,(H,11,12). The van der Waals surface area contributed by atoms with Gasteiger partial charge in [0.1, 0.15) is 4.90 Å². The fraction of sp³-hybridized carbons (Fsp3) is 0.700. The molecule has 0 bridgehead atoms. The Bertz CT molecular complexity index is 469. The molecule has 0 atom stereocenters. The Kier molecular flexibility index (Phi) is 2.79. The van der Waals surface area contributed by atoms with Gasteiger partial charge < -0.3 is 0 Å². The molecule has 0 aliphatic heterocycles. The molecule has 1 aromatic rings. The molecule has 0 spiro atoms. The van der Waals surface area contributed by atoms with Gasteiger partial charge in [0.25, 0.3) is 0 Å². The summed E-state index contributed by atoms with van der Waals surface area (Å²) in [4.78, 5) is 0.329. The lowest BCUT2D eigenvalue weighted by Crippen LogP contribution is -2.29. The maximum absolute atomic E-state index is 12.3. The number of aromatic nitrogens is 2. The highest BCUT2D eigenvalue weighted by atomic mass is 32.2. The van der Waals surface area contributed by atoms with Gasteiger partial charge in [-0.2, -0.15) is 5.10 Å². The predicted octanol–water partition coefficient (Wildman–Crippen LogP) is 1.06. The third-order valence-electron chi connectivity index (χ3n) is 2.94. The van der Waals surface area contributed by atoms with Crippen molar-refractivity contribution in [2.75, 3.05) is 13.6 Å². The van der Waals surface area contributed by atoms with E-state index >= 15 is 0 Å². The van der Waals surface area contributed by atoms with Gasteiger partial charge in [-0.15, -0.1) is 0 Å². The summed E-state index contributed by atoms with van der Waals surface area (Å²) >= 11 is 0. The van der Waals surface area contributed by atoms with Crippen LogP contribution in [-0.4, -0.2) is 36.5 Å². The first kappa shape index (κ1) is 11.6. The van der Waals surface area contributed by atoms with E-state index in [1.165, 1.54) is 4.31 Å². The van der Waals surface area contributed by atoms with Gasteiger partial charge in [-0.25, -0.2) is 12.7 Å². The van der Waals surface area contributed by atoms with E-state index < -0.39 is 10.0 Å². The molecule has 0 aromatic carbocycles. The van der Waals surface area contributed by atoms with Crippen molar-refractivity contribution in [2.24, 2.45) is 5.92 Å². The van der Waals surface area contributed by atoms with E-state index in [4.69, 9.17) is 0 Å². The molecule has 2 rings (SSSR count). The Hall–Kier alpha value is -0.880. The largest absolute Gasteiger partial charge is 0.281 e. The number of nitrogens with zero attached hydrogens (tertiary/aromatic N) is 2. The number of H-pyrrole nitrogens is 1. The van der Waals surface area contributed by atoms with Crippen molar-refractivity contribution in [3.63, 3.8) is 0 Å². The minimum atomic E-state index is -3.37. The van der Waals surface area contributed by atoms with Crippen molar-refractivity contribution in [3.8, 4) is 0 Å². The Morgan fingerprint density at radius 1 is 1.44 bits per heavy atom. The highest BCUT2D eigenvalue weighted by molar-refractivity contribution is 7.89. The van der Waals surface area contributed by atoms with Crippen LogP contribution in [0.15, 0.2) is 4.90 Å². The molecule has 1 aliphatic carbocycles. The first-order valence-corrected chi connectivity index (χ1v) is 6.85. The molecule has 1 aromatic heterocycles. The van der Waals surface area contributed by atoms with Crippen LogP contribution in [0.2, 0.25) is 0 Å². The molecule has 1 fully saturated rings. The van der Waals surface area contributed by atoms with Gasteiger partial charge in [0.15, 0.2) is 0 Å². The lowest BCUT2D eigenvalue weighted by atomic mass is 10.4. The number of nitrogens with one attached hydrogen (secondary N) is 1. The maximum Gasteiger partial charge on any atom is 0.246 e. The molecule has 0 radical (unpaired) electrons. The highest BCUT2D eigenvalue weighted by Crippen LogP contribution is 2.31. The zero-order valence-electron chi connectivity index (χ0n) is 9.82. The average molecular weight is 243 g/mol. The van der Waals surface area contributed by atoms with Crippen molar-refractivity contribution >= 4 is 10.0 Å². The van der Waals surface area contributed by atoms with Gasteiger partial charge >= 0.3 is 0 Å². The first-order chi connectivity index (χ1) is 7.43. The summed E-state index contributed by atoms with van der Waals surface area (Å²) in [6.45, 7) is 4.06. The molecule has 1 aliphatic rings. The number of hydrogen-bond donors (Lipinski definition) is 1. The van der Waals surface area contributed by atoms with Crippen molar-refractivity contribution < 1.29 is 8.42 Å². The van der Waals surface area contributed by atoms with Crippen LogP contribution in [0.25, 0.3) is 0 Å². The predicted molar refractivity (Wildman–Crippen MR) is 60.6 cm³/mol. The normalized spacial score (nSPS) is 17.0. The minimum absolute atomic E-state index is 0.329. The van der Waals surface area contributed by atoms with Crippen LogP contribution < -0.4 is 0 Å². The number of aromatic amines is 1. The van der Waals surface area contributed by atoms with E-state index in [2.05, 4.69) is 10.2 Å². The summed E-state index contributed by atoms with van der Waals surface area (Å²) in [6, 6.07) is 0. The van der Waals surface area contributed by atoms with Crippen molar-refractivity contribution in [3.05, 3.63) is 11.4 Å². The third kappa shape index (κ3) is 1.99. The first-order valence-electron chi connectivity index (χ1n) is 5.41. The van der Waals surface area contributed by atoms with E-state index in [0.717, 1.165) is 12.8 Å². The van der Waals surface area contributed by atoms with Crippen molar-refractivity contribution in [2.45, 2.75) is 31.6 Å². The molecular formula is C10H17N3O2S. The average Bonchev–Trinajstić information content (AvgIpc) is 2.92. The molecule has 16 heavy (non-hydrogen) atoms. The molecule has 5 nitrogen and oxygen atoms in total. The molecule has 90 valence electrons. The molecule has 1 N–H and O–H groups in total. The van der Waals surface area contributed by atoms with Gasteiger partial charge in [-0.3, -0.25) is 5.10 Å². The molecular weight excluding hydrogens is 226 g/mol. The van der Waals surface area contributed by atoms with Crippen molar-refractivity contribution in [1.82, 2.24) is 14.5 Å².